The van der Waals surface area contributed by atoms with E-state index in [0.29, 0.717) is 26.1 Å². The molecule has 0 N–H and O–H groups in total. The molecule has 0 unspecified atom stereocenters. The normalized spacial score (nSPS) is 19.7. The lowest BCUT2D eigenvalue weighted by molar-refractivity contribution is -0.145. The van der Waals surface area contributed by atoms with E-state index >= 15 is 0 Å². The first-order chi connectivity index (χ1) is 14.1. The number of benzene rings is 1. The lowest BCUT2D eigenvalue weighted by Crippen LogP contribution is -2.38. The van der Waals surface area contributed by atoms with Crippen LogP contribution < -0.4 is 4.74 Å². The highest BCUT2D eigenvalue weighted by Crippen LogP contribution is 2.30. The molecule has 2 saturated heterocycles. The third-order valence-electron chi connectivity index (χ3n) is 5.37. The van der Waals surface area contributed by atoms with Crippen LogP contribution in [-0.4, -0.2) is 87.5 Å². The van der Waals surface area contributed by atoms with Crippen LogP contribution in [0.1, 0.15) is 29.6 Å². The van der Waals surface area contributed by atoms with Crippen molar-refractivity contribution in [2.24, 2.45) is 0 Å². The van der Waals surface area contributed by atoms with Gasteiger partial charge in [-0.05, 0) is 37.5 Å². The van der Waals surface area contributed by atoms with Crippen LogP contribution in [0.4, 0.5) is 13.2 Å². The van der Waals surface area contributed by atoms with E-state index in [4.69, 9.17) is 4.74 Å². The van der Waals surface area contributed by atoms with Crippen molar-refractivity contribution in [3.05, 3.63) is 23.8 Å². The average Bonchev–Trinajstić information content (AvgIpc) is 3.15. The zero-order valence-corrected chi connectivity index (χ0v) is 17.6. The van der Waals surface area contributed by atoms with Gasteiger partial charge in [-0.15, -0.1) is 0 Å². The highest BCUT2D eigenvalue weighted by Gasteiger charge is 2.33. The van der Waals surface area contributed by atoms with Crippen molar-refractivity contribution in [3.8, 4) is 5.75 Å². The van der Waals surface area contributed by atoms with Gasteiger partial charge in [-0.1, -0.05) is 0 Å². The topological polar surface area (TPSA) is 70.2 Å². The number of carbonyl (C=O) groups is 1. The number of alkyl halides is 3. The minimum atomic E-state index is -4.28. The van der Waals surface area contributed by atoms with Crippen molar-refractivity contribution in [2.45, 2.75) is 30.3 Å². The van der Waals surface area contributed by atoms with Crippen molar-refractivity contribution in [1.82, 2.24) is 14.1 Å². The summed E-state index contributed by atoms with van der Waals surface area (Å²) >= 11 is 0. The molecule has 30 heavy (non-hydrogen) atoms. The van der Waals surface area contributed by atoms with Gasteiger partial charge < -0.3 is 9.64 Å². The fraction of sp³-hybridized carbons (Fsp3) is 0.632. The molecule has 0 radical (unpaired) electrons. The number of hydrogen-bond donors (Lipinski definition) is 0. The second-order valence-corrected chi connectivity index (χ2v) is 9.42. The van der Waals surface area contributed by atoms with E-state index in [1.54, 1.807) is 0 Å². The summed E-state index contributed by atoms with van der Waals surface area (Å²) < 4.78 is 70.6. The molecule has 1 amide bonds. The number of hydrogen-bond acceptors (Lipinski definition) is 5. The predicted octanol–water partition coefficient (Wildman–Crippen LogP) is 2.19. The quantitative estimate of drug-likeness (QED) is 0.689. The molecule has 2 aliphatic rings. The first kappa shape index (κ1) is 22.8. The van der Waals surface area contributed by atoms with E-state index < -0.39 is 28.7 Å². The third kappa shape index (κ3) is 5.25. The lowest BCUT2D eigenvalue weighted by atomic mass is 10.2. The molecule has 2 heterocycles. The summed E-state index contributed by atoms with van der Waals surface area (Å²) in [4.78, 5) is 15.7. The van der Waals surface area contributed by atoms with Gasteiger partial charge in [0.25, 0.3) is 5.91 Å². The molecule has 0 bridgehead atoms. The summed E-state index contributed by atoms with van der Waals surface area (Å²) in [5, 5.41) is 0. The monoisotopic (exact) mass is 449 g/mol. The number of rotatable bonds is 5. The van der Waals surface area contributed by atoms with Crippen LogP contribution in [0.2, 0.25) is 0 Å². The van der Waals surface area contributed by atoms with E-state index in [0.717, 1.165) is 12.8 Å². The average molecular weight is 449 g/mol. The Labute approximate surface area is 174 Å². The molecule has 0 aromatic heterocycles. The van der Waals surface area contributed by atoms with E-state index in [2.05, 4.69) is 0 Å². The van der Waals surface area contributed by atoms with Gasteiger partial charge in [-0.25, -0.2) is 8.42 Å². The molecule has 1 aromatic carbocycles. The molecule has 3 rings (SSSR count). The number of amides is 1. The van der Waals surface area contributed by atoms with Gasteiger partial charge in [0, 0.05) is 44.8 Å². The summed E-state index contributed by atoms with van der Waals surface area (Å²) in [6.45, 7) is 0.662. The number of ether oxygens (including phenoxy) is 1. The fourth-order valence-electron chi connectivity index (χ4n) is 3.85. The van der Waals surface area contributed by atoms with Gasteiger partial charge >= 0.3 is 6.18 Å². The van der Waals surface area contributed by atoms with Crippen molar-refractivity contribution >= 4 is 15.9 Å². The van der Waals surface area contributed by atoms with Gasteiger partial charge in [0.1, 0.15) is 10.6 Å². The second-order valence-electron chi connectivity index (χ2n) is 7.51. The largest absolute Gasteiger partial charge is 0.495 e. The predicted molar refractivity (Wildman–Crippen MR) is 104 cm³/mol. The minimum Gasteiger partial charge on any atom is -0.495 e. The van der Waals surface area contributed by atoms with Gasteiger partial charge in [0.05, 0.1) is 13.7 Å². The number of carbonyl (C=O) groups excluding carboxylic acids is 1. The summed E-state index contributed by atoms with van der Waals surface area (Å²) in [6, 6.07) is 4.25. The number of methoxy groups -OCH3 is 1. The number of nitrogens with zero attached hydrogens (tertiary/aromatic N) is 3. The van der Waals surface area contributed by atoms with Crippen LogP contribution in [0, 0.1) is 0 Å². The van der Waals surface area contributed by atoms with E-state index in [-0.39, 0.29) is 35.8 Å². The Morgan fingerprint density at radius 2 is 1.73 bits per heavy atom. The van der Waals surface area contributed by atoms with Crippen molar-refractivity contribution < 1.29 is 31.1 Å². The Morgan fingerprint density at radius 1 is 1.03 bits per heavy atom. The molecule has 0 saturated carbocycles. The summed E-state index contributed by atoms with van der Waals surface area (Å²) in [5.74, 6) is -0.241. The molecule has 0 atom stereocenters. The molecule has 2 fully saturated rings. The van der Waals surface area contributed by atoms with Crippen molar-refractivity contribution in [1.29, 1.82) is 0 Å². The summed E-state index contributed by atoms with van der Waals surface area (Å²) in [5.41, 5.74) is 0.179. The highest BCUT2D eigenvalue weighted by atomic mass is 32.2. The molecule has 2 aliphatic heterocycles. The second kappa shape index (κ2) is 9.11. The third-order valence-corrected chi connectivity index (χ3v) is 7.29. The van der Waals surface area contributed by atoms with Gasteiger partial charge in [0.15, 0.2) is 0 Å². The van der Waals surface area contributed by atoms with Crippen LogP contribution in [0.5, 0.6) is 5.75 Å². The molecular weight excluding hydrogens is 423 g/mol. The SMILES string of the molecule is COc1ccc(C(=O)N2CCCN(CC(F)(F)F)CC2)cc1S(=O)(=O)N1CCCC1. The lowest BCUT2D eigenvalue weighted by Gasteiger charge is -2.23. The van der Waals surface area contributed by atoms with Crippen LogP contribution >= 0.6 is 0 Å². The minimum absolute atomic E-state index is 0.0636. The Kier molecular flexibility index (Phi) is 6.93. The summed E-state index contributed by atoms with van der Waals surface area (Å²) in [7, 11) is -2.44. The van der Waals surface area contributed by atoms with E-state index in [9.17, 15) is 26.4 Å². The maximum atomic E-state index is 13.0. The zero-order chi connectivity index (χ0) is 21.9. The standard InChI is InChI=1S/C19H26F3N3O4S/c1-29-16-6-5-15(13-17(16)30(27,28)25-9-2-3-10-25)18(26)24-8-4-7-23(11-12-24)14-19(20,21)22/h5-6,13H,2-4,7-12,14H2,1H3. The van der Waals surface area contributed by atoms with Gasteiger partial charge in [-0.2, -0.15) is 17.5 Å². The van der Waals surface area contributed by atoms with Crippen LogP contribution in [0.15, 0.2) is 23.1 Å². The van der Waals surface area contributed by atoms with Crippen LogP contribution in [0.3, 0.4) is 0 Å². The molecule has 168 valence electrons. The Morgan fingerprint density at radius 3 is 2.37 bits per heavy atom. The fourth-order valence-corrected chi connectivity index (χ4v) is 5.55. The Balaban J connectivity index is 1.79. The molecule has 1 aromatic rings. The number of halogens is 3. The van der Waals surface area contributed by atoms with Crippen LogP contribution in [0.25, 0.3) is 0 Å². The Bertz CT molecular complexity index is 870. The van der Waals surface area contributed by atoms with Gasteiger partial charge in [0.2, 0.25) is 10.0 Å². The Hall–Kier alpha value is -1.85. The molecule has 0 aliphatic carbocycles. The molecular formula is C19H26F3N3O4S. The zero-order valence-electron chi connectivity index (χ0n) is 16.8. The molecule has 0 spiro atoms. The van der Waals surface area contributed by atoms with Crippen molar-refractivity contribution in [2.75, 3.05) is 52.9 Å². The highest BCUT2D eigenvalue weighted by molar-refractivity contribution is 7.89. The molecule has 11 heteroatoms. The van der Waals surface area contributed by atoms with Crippen LogP contribution in [-0.2, 0) is 10.0 Å². The first-order valence-corrected chi connectivity index (χ1v) is 11.3. The maximum Gasteiger partial charge on any atom is 0.401 e. The van der Waals surface area contributed by atoms with E-state index in [1.165, 1.54) is 39.4 Å². The summed E-state index contributed by atoms with van der Waals surface area (Å²) in [6.07, 6.45) is -2.31. The van der Waals surface area contributed by atoms with Crippen molar-refractivity contribution in [3.63, 3.8) is 0 Å². The smallest absolute Gasteiger partial charge is 0.401 e. The molecule has 7 nitrogen and oxygen atoms in total. The van der Waals surface area contributed by atoms with E-state index in [1.807, 2.05) is 0 Å². The first-order valence-electron chi connectivity index (χ1n) is 9.88. The number of sulfonamides is 1. The van der Waals surface area contributed by atoms with Gasteiger partial charge in [-0.3, -0.25) is 9.69 Å². The maximum absolute atomic E-state index is 13.0.